The predicted octanol–water partition coefficient (Wildman–Crippen LogP) is 5.73. The molecule has 0 radical (unpaired) electrons. The van der Waals surface area contributed by atoms with Crippen molar-refractivity contribution < 1.29 is 53.2 Å². The van der Waals surface area contributed by atoms with Gasteiger partial charge in [0.15, 0.2) is 12.6 Å². The van der Waals surface area contributed by atoms with Crippen molar-refractivity contribution in [3.63, 3.8) is 0 Å². The normalized spacial score (nSPS) is 27.3. The van der Waals surface area contributed by atoms with Crippen molar-refractivity contribution in [2.75, 3.05) is 13.2 Å². The van der Waals surface area contributed by atoms with Gasteiger partial charge in [-0.05, 0) is 27.8 Å². The van der Waals surface area contributed by atoms with Gasteiger partial charge in [0.1, 0.15) is 48.8 Å². The van der Waals surface area contributed by atoms with Crippen LogP contribution in [0.2, 0.25) is 0 Å². The van der Waals surface area contributed by atoms with Gasteiger partial charge in [0.25, 0.3) is 0 Å². The summed E-state index contributed by atoms with van der Waals surface area (Å²) in [5.41, 5.74) is 4.58. The summed E-state index contributed by atoms with van der Waals surface area (Å²) >= 11 is 0. The molecule has 0 amide bonds. The summed E-state index contributed by atoms with van der Waals surface area (Å²) < 4.78 is 51.5. The fourth-order valence-electron chi connectivity index (χ4n) is 7.16. The van der Waals surface area contributed by atoms with Crippen LogP contribution in [0, 0.1) is 0 Å². The number of aliphatic hydroxyl groups excluding tert-OH is 3. The fourth-order valence-corrected chi connectivity index (χ4v) is 7.16. The molecule has 11 nitrogen and oxygen atoms in total. The summed E-state index contributed by atoms with van der Waals surface area (Å²) in [6.45, 7) is 0.353. The van der Waals surface area contributed by atoms with E-state index in [2.05, 4.69) is 0 Å². The average Bonchev–Trinajstić information content (AvgIpc) is 3.27. The van der Waals surface area contributed by atoms with Crippen molar-refractivity contribution in [3.8, 4) is 0 Å². The van der Waals surface area contributed by atoms with Gasteiger partial charge in [-0.1, -0.05) is 152 Å². The smallest absolute Gasteiger partial charge is 0.187 e. The third-order valence-corrected chi connectivity index (χ3v) is 10.3. The molecular formula is C47H52O11. The largest absolute Gasteiger partial charge is 0.394 e. The minimum absolute atomic E-state index is 0.150. The lowest BCUT2D eigenvalue weighted by atomic mass is 9.97. The van der Waals surface area contributed by atoms with E-state index in [1.807, 2.05) is 152 Å². The molecule has 0 unspecified atom stereocenters. The maximum Gasteiger partial charge on any atom is 0.187 e. The van der Waals surface area contributed by atoms with Crippen LogP contribution in [0.4, 0.5) is 0 Å². The average molecular weight is 793 g/mol. The van der Waals surface area contributed by atoms with Crippen molar-refractivity contribution in [1.82, 2.24) is 0 Å². The maximum atomic E-state index is 11.6. The molecule has 0 saturated carbocycles. The fraction of sp³-hybridized carbons (Fsp3) is 0.362. The lowest BCUT2D eigenvalue weighted by Gasteiger charge is -2.46. The summed E-state index contributed by atoms with van der Waals surface area (Å²) in [4.78, 5) is 0. The summed E-state index contributed by atoms with van der Waals surface area (Å²) in [5.74, 6) is 0. The highest BCUT2D eigenvalue weighted by Gasteiger charge is 2.51. The molecule has 2 aliphatic rings. The Balaban J connectivity index is 1.15. The first-order valence-corrected chi connectivity index (χ1v) is 19.7. The second-order valence-electron chi connectivity index (χ2n) is 14.4. The number of aliphatic hydroxyl groups is 3. The summed E-state index contributed by atoms with van der Waals surface area (Å²) in [6.07, 6.45) is -10.1. The van der Waals surface area contributed by atoms with Crippen molar-refractivity contribution >= 4 is 0 Å². The van der Waals surface area contributed by atoms with Gasteiger partial charge in [0, 0.05) is 0 Å². The van der Waals surface area contributed by atoms with Crippen LogP contribution in [-0.4, -0.2) is 89.9 Å². The zero-order chi connectivity index (χ0) is 39.9. The van der Waals surface area contributed by atoms with Gasteiger partial charge in [-0.2, -0.15) is 0 Å². The third-order valence-electron chi connectivity index (χ3n) is 10.3. The molecule has 5 aromatic carbocycles. The molecule has 2 fully saturated rings. The highest BCUT2D eigenvalue weighted by atomic mass is 16.7. The van der Waals surface area contributed by atoms with Crippen LogP contribution in [0.5, 0.6) is 0 Å². The van der Waals surface area contributed by atoms with Gasteiger partial charge >= 0.3 is 0 Å². The topological polar surface area (TPSA) is 135 Å². The second kappa shape index (κ2) is 21.6. The Hall–Kier alpha value is -4.34. The van der Waals surface area contributed by atoms with Crippen molar-refractivity contribution in [1.29, 1.82) is 0 Å². The molecule has 7 rings (SSSR count). The first kappa shape index (κ1) is 41.8. The van der Waals surface area contributed by atoms with Crippen LogP contribution >= 0.6 is 0 Å². The van der Waals surface area contributed by atoms with Gasteiger partial charge in [-0.3, -0.25) is 0 Å². The Morgan fingerprint density at radius 3 is 1.16 bits per heavy atom. The highest BCUT2D eigenvalue weighted by molar-refractivity contribution is 5.17. The molecule has 2 aliphatic heterocycles. The Bertz CT molecular complexity index is 1870. The Morgan fingerprint density at radius 1 is 0.379 bits per heavy atom. The SMILES string of the molecule is OC[C@H]1O[C@H](OC[C@H]2O[C@H](O)[C@H](OCc3ccccc3)[C@@H](OCc3ccccc3)[C@@H]2OCc2ccccc2)[C@H](OCc2ccccc2)[C@@H](OCc2ccccc2)[C@@H]1O. The number of ether oxygens (including phenoxy) is 8. The lowest BCUT2D eigenvalue weighted by Crippen LogP contribution is -2.63. The van der Waals surface area contributed by atoms with Crippen LogP contribution in [0.25, 0.3) is 0 Å². The van der Waals surface area contributed by atoms with E-state index >= 15 is 0 Å². The van der Waals surface area contributed by atoms with Gasteiger partial charge in [-0.25, -0.2) is 0 Å². The standard InChI is InChI=1S/C47H52O11/c48-26-38-40(49)42(52-28-34-18-8-2-9-19-34)45(55-31-37-24-14-5-15-25-37)47(58-38)56-32-39-41(51-27-33-16-6-1-7-17-33)43(53-29-35-20-10-3-11-21-35)44(46(50)57-39)54-30-36-22-12-4-13-23-36/h1-25,38-50H,26-32H2/t38-,39-,40-,41-,42+,43+,44-,45-,46+,47+/m1/s1. The molecule has 11 heteroatoms. The maximum absolute atomic E-state index is 11.6. The van der Waals surface area contributed by atoms with E-state index in [1.54, 1.807) is 0 Å². The Morgan fingerprint density at radius 2 is 0.741 bits per heavy atom. The van der Waals surface area contributed by atoms with Gasteiger partial charge in [0.05, 0.1) is 46.2 Å². The minimum Gasteiger partial charge on any atom is -0.394 e. The molecule has 0 aromatic heterocycles. The molecule has 2 heterocycles. The molecule has 0 bridgehead atoms. The Kier molecular flexibility index (Phi) is 15.6. The quantitative estimate of drug-likeness (QED) is 0.0948. The number of hydrogen-bond donors (Lipinski definition) is 3. The van der Waals surface area contributed by atoms with E-state index < -0.39 is 68.0 Å². The van der Waals surface area contributed by atoms with Crippen LogP contribution in [0.3, 0.4) is 0 Å². The molecule has 0 aliphatic carbocycles. The van der Waals surface area contributed by atoms with E-state index in [9.17, 15) is 15.3 Å². The molecule has 2 saturated heterocycles. The van der Waals surface area contributed by atoms with E-state index in [-0.39, 0.29) is 39.6 Å². The van der Waals surface area contributed by atoms with Crippen molar-refractivity contribution in [2.24, 2.45) is 0 Å². The molecular weight excluding hydrogens is 741 g/mol. The highest BCUT2D eigenvalue weighted by Crippen LogP contribution is 2.33. The molecule has 3 N–H and O–H groups in total. The number of rotatable bonds is 19. The van der Waals surface area contributed by atoms with Gasteiger partial charge in [-0.15, -0.1) is 0 Å². The third kappa shape index (κ3) is 11.4. The van der Waals surface area contributed by atoms with Crippen LogP contribution in [-0.2, 0) is 70.9 Å². The van der Waals surface area contributed by atoms with E-state index in [1.165, 1.54) is 0 Å². The van der Waals surface area contributed by atoms with Crippen LogP contribution in [0.1, 0.15) is 27.8 Å². The van der Waals surface area contributed by atoms with Crippen molar-refractivity contribution in [2.45, 2.75) is 94.4 Å². The molecule has 58 heavy (non-hydrogen) atoms. The van der Waals surface area contributed by atoms with Gasteiger partial charge in [0.2, 0.25) is 0 Å². The monoisotopic (exact) mass is 792 g/mol. The first-order valence-electron chi connectivity index (χ1n) is 19.7. The van der Waals surface area contributed by atoms with Crippen molar-refractivity contribution in [3.05, 3.63) is 179 Å². The second-order valence-corrected chi connectivity index (χ2v) is 14.4. The summed E-state index contributed by atoms with van der Waals surface area (Å²) in [7, 11) is 0. The first-order chi connectivity index (χ1) is 28.6. The number of benzene rings is 5. The minimum atomic E-state index is -1.42. The molecule has 10 atom stereocenters. The molecule has 0 spiro atoms. The zero-order valence-corrected chi connectivity index (χ0v) is 32.3. The van der Waals surface area contributed by atoms with E-state index in [0.717, 1.165) is 27.8 Å². The Labute approximate surface area is 339 Å². The summed E-state index contributed by atoms with van der Waals surface area (Å²) in [5, 5.41) is 33.5. The van der Waals surface area contributed by atoms with E-state index in [4.69, 9.17) is 37.9 Å². The van der Waals surface area contributed by atoms with Crippen LogP contribution < -0.4 is 0 Å². The van der Waals surface area contributed by atoms with Crippen LogP contribution in [0.15, 0.2) is 152 Å². The predicted molar refractivity (Wildman–Crippen MR) is 214 cm³/mol. The van der Waals surface area contributed by atoms with Gasteiger partial charge < -0.3 is 53.2 Å². The lowest BCUT2D eigenvalue weighted by molar-refractivity contribution is -0.345. The summed E-state index contributed by atoms with van der Waals surface area (Å²) in [6, 6.07) is 48.4. The molecule has 306 valence electrons. The number of hydrogen-bond acceptors (Lipinski definition) is 11. The zero-order valence-electron chi connectivity index (χ0n) is 32.3. The molecule has 5 aromatic rings. The van der Waals surface area contributed by atoms with E-state index in [0.29, 0.717) is 0 Å².